The number of aromatic nitrogens is 2. The number of hydrogen-bond acceptors (Lipinski definition) is 2. The number of hydrogen-bond donors (Lipinski definition) is 1. The van der Waals surface area contributed by atoms with Crippen molar-refractivity contribution in [1.82, 2.24) is 14.9 Å². The minimum absolute atomic E-state index is 0.725. The summed E-state index contributed by atoms with van der Waals surface area (Å²) in [4.78, 5) is 4.52. The van der Waals surface area contributed by atoms with Crippen LogP contribution in [0.3, 0.4) is 0 Å². The topological polar surface area (TPSA) is 29.9 Å². The summed E-state index contributed by atoms with van der Waals surface area (Å²) >= 11 is 0. The molecule has 2 rings (SSSR count). The molecular formula is C15H23N3. The van der Waals surface area contributed by atoms with E-state index >= 15 is 0 Å². The Morgan fingerprint density at radius 2 is 2.22 bits per heavy atom. The molecule has 0 aliphatic rings. The Kier molecular flexibility index (Phi) is 4.37. The number of aryl methyl sites for hydroxylation is 1. The Labute approximate surface area is 109 Å². The Hall–Kier alpha value is -1.35. The monoisotopic (exact) mass is 245 g/mol. The van der Waals surface area contributed by atoms with Gasteiger partial charge in [-0.15, -0.1) is 0 Å². The second-order valence-corrected chi connectivity index (χ2v) is 5.19. The van der Waals surface area contributed by atoms with E-state index < -0.39 is 0 Å². The molecule has 0 amide bonds. The van der Waals surface area contributed by atoms with E-state index in [1.165, 1.54) is 17.4 Å². The molecule has 0 aliphatic carbocycles. The van der Waals surface area contributed by atoms with Gasteiger partial charge in [-0.1, -0.05) is 20.8 Å². The highest BCUT2D eigenvalue weighted by molar-refractivity contribution is 5.80. The highest BCUT2D eigenvalue weighted by Crippen LogP contribution is 2.20. The van der Waals surface area contributed by atoms with E-state index in [-0.39, 0.29) is 0 Å². The first-order valence-electron chi connectivity index (χ1n) is 6.85. The van der Waals surface area contributed by atoms with Crippen LogP contribution in [-0.4, -0.2) is 16.1 Å². The van der Waals surface area contributed by atoms with Gasteiger partial charge >= 0.3 is 0 Å². The predicted octanol–water partition coefficient (Wildman–Crippen LogP) is 3.19. The normalized spacial score (nSPS) is 11.6. The van der Waals surface area contributed by atoms with Gasteiger partial charge in [0.15, 0.2) is 0 Å². The molecule has 0 fully saturated rings. The highest BCUT2D eigenvalue weighted by Gasteiger charge is 2.08. The summed E-state index contributed by atoms with van der Waals surface area (Å²) in [6, 6.07) is 4.19. The molecule has 2 aromatic heterocycles. The van der Waals surface area contributed by atoms with Gasteiger partial charge in [0.25, 0.3) is 0 Å². The van der Waals surface area contributed by atoms with Gasteiger partial charge in [0.05, 0.1) is 0 Å². The lowest BCUT2D eigenvalue weighted by Crippen LogP contribution is -2.11. The molecule has 0 saturated heterocycles. The molecule has 1 N–H and O–H groups in total. The number of rotatable bonds is 6. The van der Waals surface area contributed by atoms with Crippen molar-refractivity contribution in [2.24, 2.45) is 5.92 Å². The van der Waals surface area contributed by atoms with Crippen LogP contribution in [0.4, 0.5) is 0 Å². The predicted molar refractivity (Wildman–Crippen MR) is 76.6 cm³/mol. The van der Waals surface area contributed by atoms with E-state index in [1.54, 1.807) is 0 Å². The van der Waals surface area contributed by atoms with Crippen molar-refractivity contribution >= 4 is 11.0 Å². The molecule has 0 saturated carbocycles. The number of pyridine rings is 1. The van der Waals surface area contributed by atoms with Gasteiger partial charge in [-0.2, -0.15) is 0 Å². The van der Waals surface area contributed by atoms with Gasteiger partial charge in [-0.25, -0.2) is 4.98 Å². The molecule has 98 valence electrons. The van der Waals surface area contributed by atoms with E-state index in [4.69, 9.17) is 0 Å². The van der Waals surface area contributed by atoms with Gasteiger partial charge in [0.2, 0.25) is 0 Å². The third-order valence-corrected chi connectivity index (χ3v) is 3.23. The van der Waals surface area contributed by atoms with Crippen LogP contribution in [0.25, 0.3) is 11.0 Å². The summed E-state index contributed by atoms with van der Waals surface area (Å²) in [6.45, 7) is 9.64. The molecular weight excluding hydrogens is 222 g/mol. The summed E-state index contributed by atoms with van der Waals surface area (Å²) in [5.41, 5.74) is 2.47. The first-order valence-corrected chi connectivity index (χ1v) is 6.85. The summed E-state index contributed by atoms with van der Waals surface area (Å²) < 4.78 is 2.29. The van der Waals surface area contributed by atoms with Crippen LogP contribution >= 0.6 is 0 Å². The van der Waals surface area contributed by atoms with Gasteiger partial charge in [-0.05, 0) is 36.6 Å². The molecule has 2 aromatic rings. The summed E-state index contributed by atoms with van der Waals surface area (Å²) in [6.07, 6.45) is 5.33. The van der Waals surface area contributed by atoms with Crippen LogP contribution in [-0.2, 0) is 13.1 Å². The van der Waals surface area contributed by atoms with E-state index in [0.717, 1.165) is 31.2 Å². The summed E-state index contributed by atoms with van der Waals surface area (Å²) in [5.74, 6) is 0.725. The lowest BCUT2D eigenvalue weighted by atomic mass is 10.1. The lowest BCUT2D eigenvalue weighted by Gasteiger charge is -2.06. The number of fused-ring (bicyclic) bond motifs is 1. The molecule has 18 heavy (non-hydrogen) atoms. The Morgan fingerprint density at radius 3 is 2.94 bits per heavy atom. The fourth-order valence-electron chi connectivity index (χ4n) is 2.16. The molecule has 3 heteroatoms. The third kappa shape index (κ3) is 2.91. The maximum atomic E-state index is 4.52. The molecule has 0 spiro atoms. The molecule has 0 aromatic carbocycles. The van der Waals surface area contributed by atoms with Gasteiger partial charge in [0, 0.05) is 30.9 Å². The van der Waals surface area contributed by atoms with Crippen molar-refractivity contribution in [2.75, 3.05) is 6.54 Å². The molecule has 3 nitrogen and oxygen atoms in total. The minimum Gasteiger partial charge on any atom is -0.332 e. The van der Waals surface area contributed by atoms with Gasteiger partial charge in [0.1, 0.15) is 5.65 Å². The maximum Gasteiger partial charge on any atom is 0.140 e. The Bertz CT molecular complexity index is 499. The Morgan fingerprint density at radius 1 is 1.39 bits per heavy atom. The molecule has 0 atom stereocenters. The van der Waals surface area contributed by atoms with Crippen LogP contribution in [0.2, 0.25) is 0 Å². The first-order chi connectivity index (χ1) is 8.72. The van der Waals surface area contributed by atoms with E-state index in [1.807, 2.05) is 12.3 Å². The Balaban J connectivity index is 2.28. The standard InChI is InChI=1S/C15H23N3/c1-4-16-10-13-11-18(9-7-12(2)3)15-14(13)6-5-8-17-15/h5-6,8,11-12,16H,4,7,9-10H2,1-3H3. The first kappa shape index (κ1) is 13.1. The second-order valence-electron chi connectivity index (χ2n) is 5.19. The van der Waals surface area contributed by atoms with Crippen molar-refractivity contribution in [3.8, 4) is 0 Å². The fourth-order valence-corrected chi connectivity index (χ4v) is 2.16. The zero-order valence-electron chi connectivity index (χ0n) is 11.6. The molecule has 0 radical (unpaired) electrons. The van der Waals surface area contributed by atoms with Crippen LogP contribution in [0.15, 0.2) is 24.5 Å². The number of nitrogens with zero attached hydrogens (tertiary/aromatic N) is 2. The highest BCUT2D eigenvalue weighted by atomic mass is 15.0. The largest absolute Gasteiger partial charge is 0.332 e. The van der Waals surface area contributed by atoms with Gasteiger partial charge in [-0.3, -0.25) is 0 Å². The van der Waals surface area contributed by atoms with Crippen LogP contribution in [0, 0.1) is 5.92 Å². The SMILES string of the molecule is CCNCc1cn(CCC(C)C)c2ncccc12. The quantitative estimate of drug-likeness (QED) is 0.847. The average molecular weight is 245 g/mol. The van der Waals surface area contributed by atoms with E-state index in [2.05, 4.69) is 47.9 Å². The van der Waals surface area contributed by atoms with Crippen molar-refractivity contribution < 1.29 is 0 Å². The van der Waals surface area contributed by atoms with Crippen molar-refractivity contribution in [1.29, 1.82) is 0 Å². The van der Waals surface area contributed by atoms with Crippen LogP contribution < -0.4 is 5.32 Å². The van der Waals surface area contributed by atoms with Crippen molar-refractivity contribution in [2.45, 2.75) is 40.3 Å². The second kappa shape index (κ2) is 6.01. The zero-order chi connectivity index (χ0) is 13.0. The third-order valence-electron chi connectivity index (χ3n) is 3.23. The van der Waals surface area contributed by atoms with E-state index in [9.17, 15) is 0 Å². The minimum atomic E-state index is 0.725. The fraction of sp³-hybridized carbons (Fsp3) is 0.533. The average Bonchev–Trinajstić information content (AvgIpc) is 2.72. The maximum absolute atomic E-state index is 4.52. The summed E-state index contributed by atoms with van der Waals surface area (Å²) in [5, 5.41) is 4.67. The van der Waals surface area contributed by atoms with Crippen LogP contribution in [0.1, 0.15) is 32.8 Å². The van der Waals surface area contributed by atoms with Gasteiger partial charge < -0.3 is 9.88 Å². The van der Waals surface area contributed by atoms with Crippen molar-refractivity contribution in [3.05, 3.63) is 30.1 Å². The van der Waals surface area contributed by atoms with E-state index in [0.29, 0.717) is 0 Å². The zero-order valence-corrected chi connectivity index (χ0v) is 11.6. The number of nitrogens with one attached hydrogen (secondary N) is 1. The van der Waals surface area contributed by atoms with Crippen LogP contribution in [0.5, 0.6) is 0 Å². The molecule has 2 heterocycles. The molecule has 0 unspecified atom stereocenters. The lowest BCUT2D eigenvalue weighted by molar-refractivity contribution is 0.522. The molecule has 0 aliphatic heterocycles. The summed E-state index contributed by atoms with van der Waals surface area (Å²) in [7, 11) is 0. The smallest absolute Gasteiger partial charge is 0.140 e. The molecule has 0 bridgehead atoms. The van der Waals surface area contributed by atoms with Crippen molar-refractivity contribution in [3.63, 3.8) is 0 Å².